The number of carbonyl (C=O) groups excluding carboxylic acids is 2. The number of anilines is 2. The Balaban J connectivity index is 0.00000300. The molecule has 1 atom stereocenters. The molecule has 8 heteroatoms. The van der Waals surface area contributed by atoms with E-state index in [0.717, 1.165) is 0 Å². The molecule has 1 unspecified atom stereocenters. The van der Waals surface area contributed by atoms with Crippen LogP contribution in [0.5, 0.6) is 11.5 Å². The Morgan fingerprint density at radius 2 is 1.45 bits per heavy atom. The van der Waals surface area contributed by atoms with Gasteiger partial charge in [0.05, 0.1) is 19.6 Å². The molecule has 156 valence electrons. The van der Waals surface area contributed by atoms with Gasteiger partial charge in [0.1, 0.15) is 11.5 Å². The van der Waals surface area contributed by atoms with E-state index in [-0.39, 0.29) is 30.6 Å². The molecule has 0 aliphatic carbocycles. The van der Waals surface area contributed by atoms with Crippen molar-refractivity contribution in [3.63, 3.8) is 0 Å². The van der Waals surface area contributed by atoms with Gasteiger partial charge in [-0.1, -0.05) is 0 Å². The molecule has 1 aliphatic rings. The van der Waals surface area contributed by atoms with Crippen LogP contribution in [-0.2, 0) is 9.59 Å². The standard InChI is InChI=1S/C21H25N3O4.ClH/c1-27-17-7-3-15(4-8-17)23-19(25)13-21(11-12-22-14-21)20(26)24-16-5-9-18(28-2)10-6-16;/h3-10,22H,11-14H2,1-2H3,(H,23,25)(H,24,26);1H. The Kier molecular flexibility index (Phi) is 7.87. The third kappa shape index (κ3) is 5.62. The lowest BCUT2D eigenvalue weighted by atomic mass is 9.82. The lowest BCUT2D eigenvalue weighted by molar-refractivity contribution is -0.129. The van der Waals surface area contributed by atoms with Gasteiger partial charge in [-0.3, -0.25) is 9.59 Å². The first kappa shape index (κ1) is 22.5. The fourth-order valence-electron chi connectivity index (χ4n) is 3.29. The Bertz CT molecular complexity index is 819. The molecule has 0 bridgehead atoms. The van der Waals surface area contributed by atoms with Gasteiger partial charge in [-0.05, 0) is 61.5 Å². The molecule has 1 aliphatic heterocycles. The van der Waals surface area contributed by atoms with Gasteiger partial charge < -0.3 is 25.4 Å². The molecule has 0 aromatic heterocycles. The summed E-state index contributed by atoms with van der Waals surface area (Å²) >= 11 is 0. The highest BCUT2D eigenvalue weighted by Gasteiger charge is 2.43. The number of hydrogen-bond acceptors (Lipinski definition) is 5. The average Bonchev–Trinajstić information content (AvgIpc) is 3.18. The number of rotatable bonds is 7. The summed E-state index contributed by atoms with van der Waals surface area (Å²) in [5, 5.41) is 8.99. The normalized spacial score (nSPS) is 17.7. The minimum Gasteiger partial charge on any atom is -0.497 e. The second kappa shape index (κ2) is 10.1. The molecule has 1 saturated heterocycles. The van der Waals surface area contributed by atoms with Crippen molar-refractivity contribution in [1.29, 1.82) is 0 Å². The van der Waals surface area contributed by atoms with Crippen LogP contribution in [0.1, 0.15) is 12.8 Å². The minimum atomic E-state index is -0.781. The first-order valence-electron chi connectivity index (χ1n) is 9.15. The Labute approximate surface area is 176 Å². The molecule has 1 heterocycles. The van der Waals surface area contributed by atoms with Crippen molar-refractivity contribution in [2.24, 2.45) is 5.41 Å². The average molecular weight is 420 g/mol. The Morgan fingerprint density at radius 1 is 0.931 bits per heavy atom. The molecule has 3 N–H and O–H groups in total. The van der Waals surface area contributed by atoms with Crippen molar-refractivity contribution < 1.29 is 19.1 Å². The van der Waals surface area contributed by atoms with Crippen LogP contribution in [0.4, 0.5) is 11.4 Å². The fourth-order valence-corrected chi connectivity index (χ4v) is 3.29. The Morgan fingerprint density at radius 3 is 1.90 bits per heavy atom. The molecule has 7 nitrogen and oxygen atoms in total. The maximum atomic E-state index is 13.0. The maximum Gasteiger partial charge on any atom is 0.232 e. The number of carbonyl (C=O) groups is 2. The molecule has 29 heavy (non-hydrogen) atoms. The highest BCUT2D eigenvalue weighted by molar-refractivity contribution is 6.01. The van der Waals surface area contributed by atoms with Gasteiger partial charge in [-0.25, -0.2) is 0 Å². The zero-order valence-corrected chi connectivity index (χ0v) is 17.3. The van der Waals surface area contributed by atoms with Crippen molar-refractivity contribution in [2.45, 2.75) is 12.8 Å². The number of hydrogen-bond donors (Lipinski definition) is 3. The van der Waals surface area contributed by atoms with Crippen LogP contribution in [0.3, 0.4) is 0 Å². The van der Waals surface area contributed by atoms with E-state index < -0.39 is 5.41 Å². The van der Waals surface area contributed by atoms with Gasteiger partial charge in [-0.2, -0.15) is 0 Å². The molecule has 2 amide bonds. The third-order valence-electron chi connectivity index (χ3n) is 4.95. The first-order chi connectivity index (χ1) is 13.5. The highest BCUT2D eigenvalue weighted by atomic mass is 35.5. The van der Waals surface area contributed by atoms with Crippen molar-refractivity contribution in [3.8, 4) is 11.5 Å². The molecule has 1 fully saturated rings. The molecular weight excluding hydrogens is 394 g/mol. The summed E-state index contributed by atoms with van der Waals surface area (Å²) in [6, 6.07) is 14.2. The largest absolute Gasteiger partial charge is 0.497 e. The predicted octanol–water partition coefficient (Wildman–Crippen LogP) is 3.07. The number of methoxy groups -OCH3 is 2. The summed E-state index contributed by atoms with van der Waals surface area (Å²) in [4.78, 5) is 25.6. The number of halogens is 1. The zero-order valence-electron chi connectivity index (χ0n) is 16.5. The minimum absolute atomic E-state index is 0. The van der Waals surface area contributed by atoms with Gasteiger partial charge in [0.2, 0.25) is 11.8 Å². The summed E-state index contributed by atoms with van der Waals surface area (Å²) in [6.07, 6.45) is 0.707. The van der Waals surface area contributed by atoms with Gasteiger partial charge in [-0.15, -0.1) is 12.4 Å². The second-order valence-electron chi connectivity index (χ2n) is 6.84. The molecule has 3 rings (SSSR count). The molecular formula is C21H26ClN3O4. The van der Waals surface area contributed by atoms with E-state index in [0.29, 0.717) is 42.4 Å². The van der Waals surface area contributed by atoms with E-state index in [2.05, 4.69) is 16.0 Å². The quantitative estimate of drug-likeness (QED) is 0.641. The van der Waals surface area contributed by atoms with Gasteiger partial charge in [0.15, 0.2) is 0 Å². The predicted molar refractivity (Wildman–Crippen MR) is 115 cm³/mol. The maximum absolute atomic E-state index is 13.0. The van der Waals surface area contributed by atoms with Crippen molar-refractivity contribution in [3.05, 3.63) is 48.5 Å². The number of benzene rings is 2. The molecule has 0 radical (unpaired) electrons. The van der Waals surface area contributed by atoms with Crippen LogP contribution >= 0.6 is 12.4 Å². The van der Waals surface area contributed by atoms with Crippen LogP contribution in [0.15, 0.2) is 48.5 Å². The number of ether oxygens (including phenoxy) is 2. The summed E-state index contributed by atoms with van der Waals surface area (Å²) in [5.74, 6) is 1.08. The van der Waals surface area contributed by atoms with Crippen LogP contribution in [0.2, 0.25) is 0 Å². The lowest BCUT2D eigenvalue weighted by Gasteiger charge is -2.26. The van der Waals surface area contributed by atoms with E-state index in [1.165, 1.54) is 0 Å². The molecule has 0 saturated carbocycles. The monoisotopic (exact) mass is 419 g/mol. The first-order valence-corrected chi connectivity index (χ1v) is 9.15. The van der Waals surface area contributed by atoms with Crippen molar-refractivity contribution in [2.75, 3.05) is 37.9 Å². The van der Waals surface area contributed by atoms with E-state index in [9.17, 15) is 9.59 Å². The Hall–Kier alpha value is -2.77. The van der Waals surface area contributed by atoms with Gasteiger partial charge in [0, 0.05) is 24.3 Å². The van der Waals surface area contributed by atoms with E-state index in [1.54, 1.807) is 62.8 Å². The van der Waals surface area contributed by atoms with Crippen LogP contribution in [-0.4, -0.2) is 39.1 Å². The van der Waals surface area contributed by atoms with Crippen molar-refractivity contribution >= 4 is 35.6 Å². The van der Waals surface area contributed by atoms with Gasteiger partial charge >= 0.3 is 0 Å². The molecule has 2 aromatic rings. The second-order valence-corrected chi connectivity index (χ2v) is 6.84. The molecule has 0 spiro atoms. The summed E-state index contributed by atoms with van der Waals surface area (Å²) in [7, 11) is 3.18. The summed E-state index contributed by atoms with van der Waals surface area (Å²) in [6.45, 7) is 1.16. The third-order valence-corrected chi connectivity index (χ3v) is 4.95. The summed E-state index contributed by atoms with van der Waals surface area (Å²) < 4.78 is 10.3. The van der Waals surface area contributed by atoms with E-state index in [1.807, 2.05) is 0 Å². The summed E-state index contributed by atoms with van der Waals surface area (Å²) in [5.41, 5.74) is 0.561. The fraction of sp³-hybridized carbons (Fsp3) is 0.333. The molecule has 2 aromatic carbocycles. The van der Waals surface area contributed by atoms with Crippen LogP contribution in [0, 0.1) is 5.41 Å². The zero-order chi connectivity index (χ0) is 20.0. The SMILES string of the molecule is COc1ccc(NC(=O)CC2(C(=O)Nc3ccc(OC)cc3)CCNC2)cc1.Cl. The highest BCUT2D eigenvalue weighted by Crippen LogP contribution is 2.32. The van der Waals surface area contributed by atoms with Gasteiger partial charge in [0.25, 0.3) is 0 Å². The van der Waals surface area contributed by atoms with Crippen LogP contribution < -0.4 is 25.4 Å². The van der Waals surface area contributed by atoms with Crippen molar-refractivity contribution in [1.82, 2.24) is 5.32 Å². The number of nitrogens with one attached hydrogen (secondary N) is 3. The van der Waals surface area contributed by atoms with E-state index in [4.69, 9.17) is 9.47 Å². The van der Waals surface area contributed by atoms with Crippen LogP contribution in [0.25, 0.3) is 0 Å². The van der Waals surface area contributed by atoms with E-state index >= 15 is 0 Å². The topological polar surface area (TPSA) is 88.7 Å². The number of amides is 2. The smallest absolute Gasteiger partial charge is 0.232 e. The lowest BCUT2D eigenvalue weighted by Crippen LogP contribution is -2.41.